The van der Waals surface area contributed by atoms with E-state index in [0.717, 1.165) is 11.7 Å². The number of carbonyl (C=O) groups is 1. The summed E-state index contributed by atoms with van der Waals surface area (Å²) in [5, 5.41) is 4.08. The second kappa shape index (κ2) is 8.63. The van der Waals surface area contributed by atoms with E-state index in [1.165, 1.54) is 24.0 Å². The number of hydrogen-bond donors (Lipinski definition) is 1. The van der Waals surface area contributed by atoms with Gasteiger partial charge < -0.3 is 10.1 Å². The predicted octanol–water partition coefficient (Wildman–Crippen LogP) is 2.28. The number of para-hydroxylation sites is 1. The molecule has 132 valence electrons. The molecule has 7 nitrogen and oxygen atoms in total. The lowest BCUT2D eigenvalue weighted by Crippen LogP contribution is -2.24. The fourth-order valence-electron chi connectivity index (χ4n) is 1.75. The van der Waals surface area contributed by atoms with Crippen molar-refractivity contribution in [1.82, 2.24) is 15.3 Å². The molecule has 0 unspecified atom stereocenters. The molecule has 0 atom stereocenters. The molecule has 1 aromatic heterocycles. The van der Waals surface area contributed by atoms with E-state index in [9.17, 15) is 13.2 Å². The second-order valence-electron chi connectivity index (χ2n) is 4.90. The summed E-state index contributed by atoms with van der Waals surface area (Å²) < 4.78 is 27.8. The Kier molecular flexibility index (Phi) is 6.54. The third kappa shape index (κ3) is 6.20. The molecule has 0 fully saturated rings. The number of hydrogen-bond acceptors (Lipinski definition) is 7. The monoisotopic (exact) mass is 379 g/mol. The number of nitrogens with zero attached hydrogens (tertiary/aromatic N) is 2. The van der Waals surface area contributed by atoms with Gasteiger partial charge in [-0.15, -0.1) is 0 Å². The third-order valence-corrected chi connectivity index (χ3v) is 4.09. The molecule has 2 rings (SSSR count). The second-order valence-corrected chi connectivity index (χ2v) is 7.61. The molecule has 0 saturated carbocycles. The van der Waals surface area contributed by atoms with Crippen molar-refractivity contribution < 1.29 is 17.9 Å². The Bertz CT molecular complexity index is 868. The first-order valence-electron chi connectivity index (χ1n) is 7.18. The number of rotatable bonds is 7. The molecule has 0 bridgehead atoms. The van der Waals surface area contributed by atoms with Gasteiger partial charge in [0.2, 0.25) is 5.88 Å². The number of nitrogens with one attached hydrogen (secondary N) is 1. The van der Waals surface area contributed by atoms with Gasteiger partial charge in [-0.3, -0.25) is 4.79 Å². The average molecular weight is 379 g/mol. The molecule has 2 aromatic rings. The highest BCUT2D eigenvalue weighted by Gasteiger charge is 2.16. The summed E-state index contributed by atoms with van der Waals surface area (Å²) in [7, 11) is -3.23. The molecule has 1 aromatic carbocycles. The first-order chi connectivity index (χ1) is 11.9. The van der Waals surface area contributed by atoms with Crippen LogP contribution < -0.4 is 10.1 Å². The molecule has 0 spiro atoms. The van der Waals surface area contributed by atoms with E-state index >= 15 is 0 Å². The zero-order valence-electron chi connectivity index (χ0n) is 13.7. The van der Waals surface area contributed by atoms with Gasteiger partial charge in [-0.1, -0.05) is 36.0 Å². The Morgan fingerprint density at radius 3 is 2.68 bits per heavy atom. The number of sulfone groups is 1. The summed E-state index contributed by atoms with van der Waals surface area (Å²) in [4.78, 5) is 20.6. The van der Waals surface area contributed by atoms with Crippen LogP contribution in [0.5, 0.6) is 11.6 Å². The maximum Gasteiger partial charge on any atom is 0.258 e. The molecule has 9 heteroatoms. The summed E-state index contributed by atoms with van der Waals surface area (Å²) in [6.45, 7) is 0.0565. The van der Waals surface area contributed by atoms with Crippen molar-refractivity contribution >= 4 is 27.5 Å². The summed E-state index contributed by atoms with van der Waals surface area (Å²) >= 11 is 1.33. The highest BCUT2D eigenvalue weighted by Crippen LogP contribution is 2.24. The normalized spacial score (nSPS) is 11.4. The van der Waals surface area contributed by atoms with E-state index < -0.39 is 15.7 Å². The van der Waals surface area contributed by atoms with Crippen LogP contribution in [0, 0.1) is 0 Å². The molecule has 1 heterocycles. The zero-order chi connectivity index (χ0) is 18.3. The lowest BCUT2D eigenvalue weighted by molar-refractivity contribution is 0.0954. The topological polar surface area (TPSA) is 98.2 Å². The van der Waals surface area contributed by atoms with E-state index in [1.54, 1.807) is 12.1 Å². The number of benzene rings is 1. The quantitative estimate of drug-likeness (QED) is 0.582. The minimum absolute atomic E-state index is 0.0565. The highest BCUT2D eigenvalue weighted by atomic mass is 32.2. The van der Waals surface area contributed by atoms with Gasteiger partial charge in [-0.25, -0.2) is 13.4 Å². The molecule has 1 N–H and O–H groups in total. The lowest BCUT2D eigenvalue weighted by atomic mass is 10.3. The first-order valence-corrected chi connectivity index (χ1v) is 10.4. The molecular weight excluding hydrogens is 362 g/mol. The Morgan fingerprint density at radius 2 is 2.04 bits per heavy atom. The minimum Gasteiger partial charge on any atom is -0.438 e. The van der Waals surface area contributed by atoms with Crippen molar-refractivity contribution in [3.05, 3.63) is 53.6 Å². The number of thioether (sulfide) groups is 1. The van der Waals surface area contributed by atoms with E-state index in [1.807, 2.05) is 24.5 Å². The largest absolute Gasteiger partial charge is 0.438 e. The summed E-state index contributed by atoms with van der Waals surface area (Å²) in [5.74, 6) is 0.214. The van der Waals surface area contributed by atoms with Gasteiger partial charge in [-0.2, -0.15) is 4.98 Å². The van der Waals surface area contributed by atoms with Gasteiger partial charge in [0, 0.05) is 24.4 Å². The van der Waals surface area contributed by atoms with Gasteiger partial charge in [0.25, 0.3) is 5.91 Å². The zero-order valence-corrected chi connectivity index (χ0v) is 15.3. The standard InChI is InChI=1S/C16H17N3O4S2/c1-24-16-18-11-13(14(20)17-9-6-10-25(2,21)22)15(19-16)23-12-7-4-3-5-8-12/h3-8,10-11H,9H2,1-2H3,(H,17,20). The van der Waals surface area contributed by atoms with Crippen molar-refractivity contribution in [1.29, 1.82) is 0 Å². The average Bonchev–Trinajstić information content (AvgIpc) is 2.58. The van der Waals surface area contributed by atoms with Gasteiger partial charge in [0.05, 0.1) is 0 Å². The number of ether oxygens (including phenoxy) is 1. The van der Waals surface area contributed by atoms with E-state index in [2.05, 4.69) is 15.3 Å². The smallest absolute Gasteiger partial charge is 0.258 e. The molecule has 0 saturated heterocycles. The Hall–Kier alpha value is -2.39. The fraction of sp³-hybridized carbons (Fsp3) is 0.188. The molecule has 0 aliphatic heterocycles. The minimum atomic E-state index is -3.23. The third-order valence-electron chi connectivity index (χ3n) is 2.84. The van der Waals surface area contributed by atoms with Gasteiger partial charge in [0.15, 0.2) is 15.0 Å². The maximum absolute atomic E-state index is 12.3. The molecule has 0 aliphatic carbocycles. The van der Waals surface area contributed by atoms with Crippen LogP contribution in [0.25, 0.3) is 0 Å². The van der Waals surface area contributed by atoms with Crippen molar-refractivity contribution in [3.8, 4) is 11.6 Å². The number of carbonyl (C=O) groups excluding carboxylic acids is 1. The Morgan fingerprint density at radius 1 is 1.32 bits per heavy atom. The summed E-state index contributed by atoms with van der Waals surface area (Å²) in [5.41, 5.74) is 0.161. The van der Waals surface area contributed by atoms with Crippen LogP contribution in [0.2, 0.25) is 0 Å². The van der Waals surface area contributed by atoms with Crippen LogP contribution in [-0.4, -0.2) is 43.3 Å². The van der Waals surface area contributed by atoms with Crippen molar-refractivity contribution in [3.63, 3.8) is 0 Å². The van der Waals surface area contributed by atoms with Crippen LogP contribution in [0.3, 0.4) is 0 Å². The molecule has 0 aliphatic rings. The van der Waals surface area contributed by atoms with Crippen LogP contribution in [0.4, 0.5) is 0 Å². The van der Waals surface area contributed by atoms with Crippen molar-refractivity contribution in [2.24, 2.45) is 0 Å². The van der Waals surface area contributed by atoms with Crippen molar-refractivity contribution in [2.75, 3.05) is 19.1 Å². The maximum atomic E-state index is 12.3. The summed E-state index contributed by atoms with van der Waals surface area (Å²) in [6.07, 6.45) is 5.62. The van der Waals surface area contributed by atoms with Crippen molar-refractivity contribution in [2.45, 2.75) is 5.16 Å². The number of amides is 1. The van der Waals surface area contributed by atoms with E-state index in [4.69, 9.17) is 4.74 Å². The van der Waals surface area contributed by atoms with Crippen LogP contribution in [0.1, 0.15) is 10.4 Å². The lowest BCUT2D eigenvalue weighted by Gasteiger charge is -2.10. The van der Waals surface area contributed by atoms with E-state index in [0.29, 0.717) is 10.9 Å². The number of aromatic nitrogens is 2. The van der Waals surface area contributed by atoms with Gasteiger partial charge in [0.1, 0.15) is 11.3 Å². The Labute approximate surface area is 150 Å². The molecular formula is C16H17N3O4S2. The Balaban J connectivity index is 2.18. The van der Waals surface area contributed by atoms with Gasteiger partial charge >= 0.3 is 0 Å². The van der Waals surface area contributed by atoms with Crippen LogP contribution >= 0.6 is 11.8 Å². The molecule has 0 radical (unpaired) electrons. The summed E-state index contributed by atoms with van der Waals surface area (Å²) in [6, 6.07) is 8.96. The van der Waals surface area contributed by atoms with Crippen LogP contribution in [-0.2, 0) is 9.84 Å². The molecule has 25 heavy (non-hydrogen) atoms. The first kappa shape index (κ1) is 18.9. The molecule has 1 amide bonds. The van der Waals surface area contributed by atoms with Crippen LogP contribution in [0.15, 0.2) is 53.2 Å². The SMILES string of the molecule is CSc1ncc(C(=O)NCC=CS(C)(=O)=O)c(Oc2ccccc2)n1. The predicted molar refractivity (Wildman–Crippen MR) is 96.6 cm³/mol. The highest BCUT2D eigenvalue weighted by molar-refractivity contribution is 7.98. The van der Waals surface area contributed by atoms with Gasteiger partial charge in [-0.05, 0) is 18.4 Å². The van der Waals surface area contributed by atoms with E-state index in [-0.39, 0.29) is 18.0 Å². The fourth-order valence-corrected chi connectivity index (χ4v) is 2.53.